The third kappa shape index (κ3) is 9.97. The van der Waals surface area contributed by atoms with E-state index in [9.17, 15) is 4.79 Å². The van der Waals surface area contributed by atoms with Crippen molar-refractivity contribution in [2.45, 2.75) is 19.4 Å². The number of anilines is 1. The molecule has 1 aromatic rings. The fourth-order valence-corrected chi connectivity index (χ4v) is 2.42. The molecular formula is C20H33NO9. The van der Waals surface area contributed by atoms with Gasteiger partial charge in [0, 0.05) is 17.8 Å². The molecule has 1 aromatic carbocycles. The summed E-state index contributed by atoms with van der Waals surface area (Å²) >= 11 is 0. The molecule has 1 atom stereocenters. The van der Waals surface area contributed by atoms with Crippen molar-refractivity contribution in [1.29, 1.82) is 0 Å². The van der Waals surface area contributed by atoms with Crippen LogP contribution in [0.15, 0.2) is 12.1 Å². The van der Waals surface area contributed by atoms with Gasteiger partial charge in [-0.15, -0.1) is 0 Å². The summed E-state index contributed by atoms with van der Waals surface area (Å²) in [6.07, 6.45) is -0.363. The fourth-order valence-electron chi connectivity index (χ4n) is 2.42. The first-order valence-electron chi connectivity index (χ1n) is 9.75. The van der Waals surface area contributed by atoms with Crippen LogP contribution >= 0.6 is 0 Å². The standard InChI is InChI=1S/C20H33NO9/c1-4-16(20(22)23)29-11-9-27-7-5-26-6-8-28-10-12-30-18-14-15(21)13-17(24-2)19(18)25-3/h13-14,16H,4-12,21H2,1-3H3,(H,22,23). The second kappa shape index (κ2) is 15.6. The maximum absolute atomic E-state index is 10.8. The molecule has 0 aromatic heterocycles. The predicted molar refractivity (Wildman–Crippen MR) is 110 cm³/mol. The van der Waals surface area contributed by atoms with Crippen LogP contribution in [0.4, 0.5) is 5.69 Å². The van der Waals surface area contributed by atoms with E-state index in [0.717, 1.165) is 0 Å². The predicted octanol–water partition coefficient (Wildman–Crippen LogP) is 1.59. The molecule has 0 saturated heterocycles. The number of carboxylic acid groups (broad SMARTS) is 1. The highest BCUT2D eigenvalue weighted by Gasteiger charge is 2.14. The van der Waals surface area contributed by atoms with Crippen LogP contribution in [0.2, 0.25) is 0 Å². The second-order valence-corrected chi connectivity index (χ2v) is 6.05. The van der Waals surface area contributed by atoms with Gasteiger partial charge in [0.15, 0.2) is 17.6 Å². The van der Waals surface area contributed by atoms with Gasteiger partial charge in [0.2, 0.25) is 5.75 Å². The maximum atomic E-state index is 10.8. The molecule has 3 N–H and O–H groups in total. The molecule has 0 bridgehead atoms. The zero-order chi connectivity index (χ0) is 22.2. The van der Waals surface area contributed by atoms with Crippen molar-refractivity contribution in [3.8, 4) is 17.2 Å². The van der Waals surface area contributed by atoms with E-state index in [1.54, 1.807) is 19.1 Å². The number of carboxylic acids is 1. The minimum Gasteiger partial charge on any atom is -0.493 e. The first kappa shape index (κ1) is 25.8. The van der Waals surface area contributed by atoms with E-state index in [2.05, 4.69) is 0 Å². The van der Waals surface area contributed by atoms with Crippen LogP contribution in [0.25, 0.3) is 0 Å². The molecule has 0 aliphatic carbocycles. The van der Waals surface area contributed by atoms with E-state index in [-0.39, 0.29) is 6.61 Å². The maximum Gasteiger partial charge on any atom is 0.332 e. The minimum atomic E-state index is -0.960. The Kier molecular flexibility index (Phi) is 13.4. The highest BCUT2D eigenvalue weighted by Crippen LogP contribution is 2.39. The van der Waals surface area contributed by atoms with Gasteiger partial charge in [-0.3, -0.25) is 0 Å². The summed E-state index contributed by atoms with van der Waals surface area (Å²) in [6.45, 7) is 4.65. The Labute approximate surface area is 177 Å². The third-order valence-electron chi connectivity index (χ3n) is 3.89. The highest BCUT2D eigenvalue weighted by molar-refractivity contribution is 5.72. The van der Waals surface area contributed by atoms with Crippen molar-refractivity contribution in [3.63, 3.8) is 0 Å². The fraction of sp³-hybridized carbons (Fsp3) is 0.650. The number of carbonyl (C=O) groups is 1. The molecule has 0 heterocycles. The van der Waals surface area contributed by atoms with Crippen molar-refractivity contribution in [2.24, 2.45) is 0 Å². The second-order valence-electron chi connectivity index (χ2n) is 6.05. The molecule has 0 aliphatic heterocycles. The van der Waals surface area contributed by atoms with Gasteiger partial charge >= 0.3 is 5.97 Å². The lowest BCUT2D eigenvalue weighted by atomic mass is 10.2. The molecule has 0 saturated carbocycles. The Balaban J connectivity index is 2.02. The van der Waals surface area contributed by atoms with Gasteiger partial charge in [-0.05, 0) is 6.42 Å². The van der Waals surface area contributed by atoms with Crippen LogP contribution in [0, 0.1) is 0 Å². The van der Waals surface area contributed by atoms with Gasteiger partial charge in [0.1, 0.15) is 6.61 Å². The summed E-state index contributed by atoms with van der Waals surface area (Å²) in [5, 5.41) is 8.84. The molecule has 1 unspecified atom stereocenters. The van der Waals surface area contributed by atoms with E-state index >= 15 is 0 Å². The number of hydrogen-bond donors (Lipinski definition) is 2. The van der Waals surface area contributed by atoms with Crippen LogP contribution in [0.5, 0.6) is 17.2 Å². The van der Waals surface area contributed by atoms with Crippen molar-refractivity contribution >= 4 is 11.7 Å². The van der Waals surface area contributed by atoms with Gasteiger partial charge in [-0.2, -0.15) is 0 Å². The molecule has 0 amide bonds. The summed E-state index contributed by atoms with van der Waals surface area (Å²) in [5.41, 5.74) is 6.33. The van der Waals surface area contributed by atoms with Crippen LogP contribution in [0.3, 0.4) is 0 Å². The highest BCUT2D eigenvalue weighted by atomic mass is 16.6. The summed E-state index contributed by atoms with van der Waals surface area (Å²) in [6, 6.07) is 3.33. The number of ether oxygens (including phenoxy) is 7. The number of aliphatic carboxylic acids is 1. The molecule has 10 nitrogen and oxygen atoms in total. The van der Waals surface area contributed by atoms with E-state index in [0.29, 0.717) is 75.6 Å². The lowest BCUT2D eigenvalue weighted by Crippen LogP contribution is -2.24. The number of rotatable bonds is 18. The smallest absolute Gasteiger partial charge is 0.332 e. The quantitative estimate of drug-likeness (QED) is 0.261. The summed E-state index contributed by atoms with van der Waals surface area (Å²) < 4.78 is 37.5. The van der Waals surface area contributed by atoms with Crippen LogP contribution in [-0.4, -0.2) is 84.3 Å². The number of nitrogens with two attached hydrogens (primary N) is 1. The molecule has 0 radical (unpaired) electrons. The van der Waals surface area contributed by atoms with Crippen LogP contribution < -0.4 is 19.9 Å². The molecule has 10 heteroatoms. The number of benzene rings is 1. The van der Waals surface area contributed by atoms with Crippen LogP contribution in [-0.2, 0) is 23.7 Å². The van der Waals surface area contributed by atoms with E-state index < -0.39 is 12.1 Å². The monoisotopic (exact) mass is 431 g/mol. The minimum absolute atomic E-state index is 0.234. The Morgan fingerprint density at radius 1 is 0.900 bits per heavy atom. The van der Waals surface area contributed by atoms with Gasteiger partial charge in [-0.25, -0.2) is 4.79 Å². The molecular weight excluding hydrogens is 398 g/mol. The number of nitrogen functional groups attached to an aromatic ring is 1. The Morgan fingerprint density at radius 3 is 1.93 bits per heavy atom. The van der Waals surface area contributed by atoms with Crippen molar-refractivity contribution in [2.75, 3.05) is 72.8 Å². The van der Waals surface area contributed by atoms with Gasteiger partial charge in [0.05, 0.1) is 60.5 Å². The normalized spacial score (nSPS) is 11.8. The van der Waals surface area contributed by atoms with Crippen molar-refractivity contribution < 1.29 is 43.1 Å². The summed E-state index contributed by atoms with van der Waals surface area (Å²) in [5.74, 6) is 0.512. The summed E-state index contributed by atoms with van der Waals surface area (Å²) in [4.78, 5) is 10.8. The Hall–Kier alpha value is -2.27. The molecule has 172 valence electrons. The lowest BCUT2D eigenvalue weighted by molar-refractivity contribution is -0.151. The van der Waals surface area contributed by atoms with E-state index in [1.807, 2.05) is 0 Å². The van der Waals surface area contributed by atoms with Crippen molar-refractivity contribution in [3.05, 3.63) is 12.1 Å². The number of hydrogen-bond acceptors (Lipinski definition) is 9. The third-order valence-corrected chi connectivity index (χ3v) is 3.89. The largest absolute Gasteiger partial charge is 0.493 e. The first-order chi connectivity index (χ1) is 14.5. The first-order valence-corrected chi connectivity index (χ1v) is 9.75. The van der Waals surface area contributed by atoms with Gasteiger partial charge in [-0.1, -0.05) is 6.92 Å². The molecule has 1 rings (SSSR count). The van der Waals surface area contributed by atoms with Crippen molar-refractivity contribution in [1.82, 2.24) is 0 Å². The average molecular weight is 431 g/mol. The molecule has 0 fully saturated rings. The Morgan fingerprint density at radius 2 is 1.43 bits per heavy atom. The topological polar surface area (TPSA) is 128 Å². The van der Waals surface area contributed by atoms with E-state index in [4.69, 9.17) is 44.0 Å². The SMILES string of the molecule is CCC(OCCOCCOCCOCCOc1cc(N)cc(OC)c1OC)C(=O)O. The average Bonchev–Trinajstić information content (AvgIpc) is 2.73. The zero-order valence-electron chi connectivity index (χ0n) is 17.9. The lowest BCUT2D eigenvalue weighted by Gasteiger charge is -2.14. The molecule has 0 aliphatic rings. The van der Waals surface area contributed by atoms with Gasteiger partial charge in [0.25, 0.3) is 0 Å². The van der Waals surface area contributed by atoms with Gasteiger partial charge < -0.3 is 44.0 Å². The van der Waals surface area contributed by atoms with E-state index in [1.165, 1.54) is 14.2 Å². The Bertz CT molecular complexity index is 612. The molecule has 0 spiro atoms. The molecule has 30 heavy (non-hydrogen) atoms. The van der Waals surface area contributed by atoms with Crippen LogP contribution in [0.1, 0.15) is 13.3 Å². The zero-order valence-corrected chi connectivity index (χ0v) is 17.9. The summed E-state index contributed by atoms with van der Waals surface area (Å²) in [7, 11) is 3.06. The number of methoxy groups -OCH3 is 2.